The standard InChI is InChI=1S/C26H27F3N4O3S/c1-2-37(35,36)23-11-5-18(6-12-23)14-30-24(34)21-15-31-25(32-16-21)33-13-3-4-20(17-33)19-7-9-22(10-8-19)26(27,28)29/h5-12,15-16,20H,2-4,13-14,17H2,1H3,(H,30,34). The molecule has 11 heteroatoms. The second-order valence-corrected chi connectivity index (χ2v) is 11.2. The van der Waals surface area contributed by atoms with E-state index < -0.39 is 21.6 Å². The quantitative estimate of drug-likeness (QED) is 0.478. The number of nitrogens with zero attached hydrogens (tertiary/aromatic N) is 3. The Labute approximate surface area is 213 Å². The van der Waals surface area contributed by atoms with E-state index in [1.807, 2.05) is 4.90 Å². The van der Waals surface area contributed by atoms with Gasteiger partial charge in [-0.1, -0.05) is 31.2 Å². The van der Waals surface area contributed by atoms with E-state index in [4.69, 9.17) is 0 Å². The third-order valence-corrected chi connectivity index (χ3v) is 8.18. The van der Waals surface area contributed by atoms with E-state index in [9.17, 15) is 26.4 Å². The van der Waals surface area contributed by atoms with Crippen molar-refractivity contribution < 1.29 is 26.4 Å². The van der Waals surface area contributed by atoms with Crippen LogP contribution < -0.4 is 10.2 Å². The Kier molecular flexibility index (Phi) is 7.82. The van der Waals surface area contributed by atoms with Crippen LogP contribution in [0.5, 0.6) is 0 Å². The molecule has 1 N–H and O–H groups in total. The van der Waals surface area contributed by atoms with Crippen LogP contribution in [0.4, 0.5) is 19.1 Å². The van der Waals surface area contributed by atoms with E-state index in [1.165, 1.54) is 36.7 Å². The van der Waals surface area contributed by atoms with Crippen LogP contribution in [0.15, 0.2) is 65.8 Å². The molecule has 2 heterocycles. The third-order valence-electron chi connectivity index (χ3n) is 6.43. The molecular weight excluding hydrogens is 505 g/mol. The molecule has 7 nitrogen and oxygen atoms in total. The molecule has 1 atom stereocenters. The van der Waals surface area contributed by atoms with E-state index in [-0.39, 0.29) is 34.6 Å². The molecule has 0 saturated carbocycles. The molecule has 1 aromatic heterocycles. The third kappa shape index (κ3) is 6.46. The topological polar surface area (TPSA) is 92.3 Å². The van der Waals surface area contributed by atoms with Gasteiger partial charge >= 0.3 is 6.18 Å². The van der Waals surface area contributed by atoms with Crippen molar-refractivity contribution in [3.63, 3.8) is 0 Å². The van der Waals surface area contributed by atoms with E-state index in [0.29, 0.717) is 19.0 Å². The predicted octanol–water partition coefficient (Wildman–Crippen LogP) is 4.60. The van der Waals surface area contributed by atoms with Crippen LogP contribution in [0.1, 0.15) is 52.7 Å². The maximum Gasteiger partial charge on any atom is 0.416 e. The first kappa shape index (κ1) is 26.6. The molecule has 1 aliphatic heterocycles. The molecule has 1 saturated heterocycles. The van der Waals surface area contributed by atoms with Crippen molar-refractivity contribution in [2.75, 3.05) is 23.7 Å². The molecule has 2 aromatic carbocycles. The van der Waals surface area contributed by atoms with Crippen molar-refractivity contribution in [2.45, 2.75) is 43.3 Å². The molecule has 37 heavy (non-hydrogen) atoms. The van der Waals surface area contributed by atoms with Gasteiger partial charge in [-0.2, -0.15) is 13.2 Å². The highest BCUT2D eigenvalue weighted by Gasteiger charge is 2.31. The average Bonchev–Trinajstić information content (AvgIpc) is 2.91. The number of rotatable bonds is 7. The van der Waals surface area contributed by atoms with Crippen molar-refractivity contribution in [2.24, 2.45) is 0 Å². The van der Waals surface area contributed by atoms with Gasteiger partial charge in [0.05, 0.1) is 21.8 Å². The number of anilines is 1. The first-order chi connectivity index (χ1) is 17.6. The number of aromatic nitrogens is 2. The molecule has 0 spiro atoms. The highest BCUT2D eigenvalue weighted by Crippen LogP contribution is 2.33. The van der Waals surface area contributed by atoms with Gasteiger partial charge < -0.3 is 10.2 Å². The number of hydrogen-bond donors (Lipinski definition) is 1. The summed E-state index contributed by atoms with van der Waals surface area (Å²) in [6.45, 7) is 3.08. The monoisotopic (exact) mass is 532 g/mol. The average molecular weight is 533 g/mol. The Morgan fingerprint density at radius 1 is 1.05 bits per heavy atom. The first-order valence-corrected chi connectivity index (χ1v) is 13.6. The van der Waals surface area contributed by atoms with Gasteiger partial charge in [-0.3, -0.25) is 4.79 Å². The number of carbonyl (C=O) groups is 1. The Hall–Kier alpha value is -3.47. The Bertz CT molecular complexity index is 1330. The van der Waals surface area contributed by atoms with Gasteiger partial charge in [-0.05, 0) is 48.2 Å². The van der Waals surface area contributed by atoms with Crippen LogP contribution in [-0.2, 0) is 22.6 Å². The van der Waals surface area contributed by atoms with Gasteiger partial charge in [-0.25, -0.2) is 18.4 Å². The maximum atomic E-state index is 12.9. The summed E-state index contributed by atoms with van der Waals surface area (Å²) in [5.74, 6) is 0.173. The second-order valence-electron chi connectivity index (χ2n) is 8.91. The van der Waals surface area contributed by atoms with Crippen LogP contribution in [0.2, 0.25) is 0 Å². The Morgan fingerprint density at radius 3 is 2.30 bits per heavy atom. The van der Waals surface area contributed by atoms with Gasteiger partial charge in [0, 0.05) is 37.9 Å². The zero-order chi connectivity index (χ0) is 26.6. The lowest BCUT2D eigenvalue weighted by Gasteiger charge is -2.33. The number of halogens is 3. The molecule has 1 amide bonds. The van der Waals surface area contributed by atoms with Crippen LogP contribution in [0.25, 0.3) is 0 Å². The number of benzene rings is 2. The summed E-state index contributed by atoms with van der Waals surface area (Å²) in [6.07, 6.45) is 0.220. The number of carbonyl (C=O) groups excluding carboxylic acids is 1. The van der Waals surface area contributed by atoms with Crippen LogP contribution >= 0.6 is 0 Å². The van der Waals surface area contributed by atoms with E-state index in [1.54, 1.807) is 19.1 Å². The molecule has 1 fully saturated rings. The van der Waals surface area contributed by atoms with Gasteiger partial charge in [0.15, 0.2) is 9.84 Å². The summed E-state index contributed by atoms with van der Waals surface area (Å²) in [5.41, 5.74) is 1.21. The van der Waals surface area contributed by atoms with Gasteiger partial charge in [0.1, 0.15) is 0 Å². The Balaban J connectivity index is 1.34. The van der Waals surface area contributed by atoms with Crippen molar-refractivity contribution in [1.82, 2.24) is 15.3 Å². The summed E-state index contributed by atoms with van der Waals surface area (Å²) >= 11 is 0. The minimum absolute atomic E-state index is 0.0201. The first-order valence-electron chi connectivity index (χ1n) is 11.9. The van der Waals surface area contributed by atoms with Crippen LogP contribution in [-0.4, -0.2) is 43.1 Å². The van der Waals surface area contributed by atoms with Gasteiger partial charge in [0.25, 0.3) is 5.91 Å². The minimum atomic E-state index is -4.36. The lowest BCUT2D eigenvalue weighted by atomic mass is 9.90. The summed E-state index contributed by atoms with van der Waals surface area (Å²) < 4.78 is 62.4. The number of piperidine rings is 1. The summed E-state index contributed by atoms with van der Waals surface area (Å²) in [4.78, 5) is 23.4. The molecule has 1 aliphatic rings. The number of sulfone groups is 1. The van der Waals surface area contributed by atoms with Gasteiger partial charge in [-0.15, -0.1) is 0 Å². The fourth-order valence-corrected chi connectivity index (χ4v) is 5.13. The van der Waals surface area contributed by atoms with Crippen LogP contribution in [0.3, 0.4) is 0 Å². The lowest BCUT2D eigenvalue weighted by molar-refractivity contribution is -0.137. The predicted molar refractivity (Wildman–Crippen MR) is 133 cm³/mol. The lowest BCUT2D eigenvalue weighted by Crippen LogP contribution is -2.35. The molecular formula is C26H27F3N4O3S. The van der Waals surface area contributed by atoms with Crippen molar-refractivity contribution in [3.8, 4) is 0 Å². The second kappa shape index (κ2) is 10.9. The highest BCUT2D eigenvalue weighted by atomic mass is 32.2. The summed E-state index contributed by atoms with van der Waals surface area (Å²) in [5, 5.41) is 2.77. The van der Waals surface area contributed by atoms with Crippen molar-refractivity contribution in [1.29, 1.82) is 0 Å². The SMILES string of the molecule is CCS(=O)(=O)c1ccc(CNC(=O)c2cnc(N3CCCC(c4ccc(C(F)(F)F)cc4)C3)nc2)cc1. The number of alkyl halides is 3. The smallest absolute Gasteiger partial charge is 0.348 e. The molecule has 1 unspecified atom stereocenters. The maximum absolute atomic E-state index is 12.9. The highest BCUT2D eigenvalue weighted by molar-refractivity contribution is 7.91. The number of amides is 1. The molecule has 196 valence electrons. The summed E-state index contributed by atoms with van der Waals surface area (Å²) in [6, 6.07) is 11.6. The number of hydrogen-bond acceptors (Lipinski definition) is 6. The number of nitrogens with one attached hydrogen (secondary N) is 1. The molecule has 0 radical (unpaired) electrons. The molecule has 0 bridgehead atoms. The van der Waals surface area contributed by atoms with E-state index >= 15 is 0 Å². The van der Waals surface area contributed by atoms with Gasteiger partial charge in [0.2, 0.25) is 5.95 Å². The van der Waals surface area contributed by atoms with Crippen LogP contribution in [0, 0.1) is 0 Å². The minimum Gasteiger partial charge on any atom is -0.348 e. The molecule has 0 aliphatic carbocycles. The Morgan fingerprint density at radius 2 is 1.70 bits per heavy atom. The van der Waals surface area contributed by atoms with Crippen molar-refractivity contribution in [3.05, 3.63) is 83.2 Å². The largest absolute Gasteiger partial charge is 0.416 e. The molecule has 4 rings (SSSR count). The zero-order valence-electron chi connectivity index (χ0n) is 20.2. The van der Waals surface area contributed by atoms with E-state index in [0.717, 1.165) is 36.1 Å². The normalized spacial score (nSPS) is 16.4. The van der Waals surface area contributed by atoms with E-state index in [2.05, 4.69) is 15.3 Å². The van der Waals surface area contributed by atoms with Crippen molar-refractivity contribution >= 4 is 21.7 Å². The fraction of sp³-hybridized carbons (Fsp3) is 0.346. The summed E-state index contributed by atoms with van der Waals surface area (Å²) in [7, 11) is -3.28. The zero-order valence-corrected chi connectivity index (χ0v) is 21.0. The molecule has 3 aromatic rings. The fourth-order valence-electron chi connectivity index (χ4n) is 4.24.